The van der Waals surface area contributed by atoms with Gasteiger partial charge < -0.3 is 10.6 Å². The highest BCUT2D eigenvalue weighted by Gasteiger charge is 2.14. The molecule has 1 aliphatic rings. The fourth-order valence-corrected chi connectivity index (χ4v) is 1.55. The topological polar surface area (TPSA) is 49.8 Å². The molecule has 0 radical (unpaired) electrons. The molecule has 0 aromatic carbocycles. The molecule has 0 aliphatic carbocycles. The van der Waals surface area contributed by atoms with E-state index in [-0.39, 0.29) is 17.7 Å². The van der Waals surface area contributed by atoms with Gasteiger partial charge in [-0.1, -0.05) is 0 Å². The Hall–Kier alpha value is -0.580. The first-order chi connectivity index (χ1) is 6.34. The van der Waals surface area contributed by atoms with Crippen LogP contribution in [-0.2, 0) is 0 Å². The molecule has 1 aliphatic heterocycles. The lowest BCUT2D eigenvalue weighted by Gasteiger charge is -2.11. The van der Waals surface area contributed by atoms with Crippen molar-refractivity contribution in [2.75, 3.05) is 18.4 Å². The maximum Gasteiger partial charge on any atom is 0.224 e. The molecule has 1 aromatic rings. The van der Waals surface area contributed by atoms with Gasteiger partial charge in [-0.05, 0) is 30.6 Å². The monoisotopic (exact) mass is 234 g/mol. The lowest BCUT2D eigenvalue weighted by atomic mass is 10.2. The SMILES string of the molecule is Cl.Clc1nccc(NC2CCNC2)n1. The Morgan fingerprint density at radius 3 is 3.07 bits per heavy atom. The quantitative estimate of drug-likeness (QED) is 0.759. The van der Waals surface area contributed by atoms with Gasteiger partial charge in [-0.25, -0.2) is 9.97 Å². The maximum atomic E-state index is 5.65. The number of hydrogen-bond acceptors (Lipinski definition) is 4. The molecular formula is C8H12Cl2N4. The summed E-state index contributed by atoms with van der Waals surface area (Å²) in [6.45, 7) is 2.05. The van der Waals surface area contributed by atoms with Gasteiger partial charge >= 0.3 is 0 Å². The lowest BCUT2D eigenvalue weighted by Crippen LogP contribution is -2.22. The zero-order chi connectivity index (χ0) is 9.10. The summed E-state index contributed by atoms with van der Waals surface area (Å²) in [5.74, 6) is 0.800. The predicted molar refractivity (Wildman–Crippen MR) is 59.2 cm³/mol. The molecule has 78 valence electrons. The molecule has 1 unspecified atom stereocenters. The first-order valence-electron chi connectivity index (χ1n) is 4.30. The van der Waals surface area contributed by atoms with Gasteiger partial charge in [0.1, 0.15) is 5.82 Å². The molecule has 0 bridgehead atoms. The van der Waals surface area contributed by atoms with E-state index in [0.29, 0.717) is 6.04 Å². The van der Waals surface area contributed by atoms with Crippen LogP contribution in [-0.4, -0.2) is 29.1 Å². The molecule has 0 spiro atoms. The summed E-state index contributed by atoms with van der Waals surface area (Å²) in [6, 6.07) is 2.29. The predicted octanol–water partition coefficient (Wildman–Crippen LogP) is 1.33. The van der Waals surface area contributed by atoms with E-state index in [1.807, 2.05) is 6.07 Å². The molecule has 1 atom stereocenters. The Morgan fingerprint density at radius 1 is 1.57 bits per heavy atom. The van der Waals surface area contributed by atoms with Crippen molar-refractivity contribution in [3.05, 3.63) is 17.5 Å². The molecule has 1 fully saturated rings. The second-order valence-corrected chi connectivity index (χ2v) is 3.38. The standard InChI is InChI=1S/C8H11ClN4.ClH/c9-8-11-4-2-7(13-8)12-6-1-3-10-5-6;/h2,4,6,10H,1,3,5H2,(H,11,12,13);1H. The van der Waals surface area contributed by atoms with Crippen molar-refractivity contribution in [2.24, 2.45) is 0 Å². The molecule has 14 heavy (non-hydrogen) atoms. The number of aromatic nitrogens is 2. The maximum absolute atomic E-state index is 5.65. The van der Waals surface area contributed by atoms with Crippen molar-refractivity contribution >= 4 is 29.8 Å². The average Bonchev–Trinajstić information content (AvgIpc) is 2.57. The summed E-state index contributed by atoms with van der Waals surface area (Å²) in [7, 11) is 0. The van der Waals surface area contributed by atoms with E-state index in [0.717, 1.165) is 25.3 Å². The number of nitrogens with zero attached hydrogens (tertiary/aromatic N) is 2. The highest BCUT2D eigenvalue weighted by Crippen LogP contribution is 2.09. The van der Waals surface area contributed by atoms with Gasteiger partial charge in [0.25, 0.3) is 0 Å². The third-order valence-corrected chi connectivity index (χ3v) is 2.22. The second-order valence-electron chi connectivity index (χ2n) is 3.04. The van der Waals surface area contributed by atoms with E-state index in [2.05, 4.69) is 20.6 Å². The fourth-order valence-electron chi connectivity index (χ4n) is 1.40. The Balaban J connectivity index is 0.000000980. The Labute approximate surface area is 93.9 Å². The normalized spacial score (nSPS) is 20.2. The van der Waals surface area contributed by atoms with Crippen LogP contribution in [0.3, 0.4) is 0 Å². The van der Waals surface area contributed by atoms with Gasteiger partial charge in [0.05, 0.1) is 0 Å². The summed E-state index contributed by atoms with van der Waals surface area (Å²) in [5, 5.41) is 6.84. The summed E-state index contributed by atoms with van der Waals surface area (Å²) in [6.07, 6.45) is 2.78. The smallest absolute Gasteiger partial charge is 0.224 e. The Kier molecular flexibility index (Phi) is 4.38. The molecule has 4 nitrogen and oxygen atoms in total. The lowest BCUT2D eigenvalue weighted by molar-refractivity contribution is 0.787. The molecule has 2 rings (SSSR count). The van der Waals surface area contributed by atoms with Crippen molar-refractivity contribution in [1.29, 1.82) is 0 Å². The Morgan fingerprint density at radius 2 is 2.43 bits per heavy atom. The van der Waals surface area contributed by atoms with Gasteiger partial charge in [-0.3, -0.25) is 0 Å². The molecule has 6 heteroatoms. The summed E-state index contributed by atoms with van der Waals surface area (Å²) in [4.78, 5) is 7.87. The summed E-state index contributed by atoms with van der Waals surface area (Å²) >= 11 is 5.65. The van der Waals surface area contributed by atoms with Crippen molar-refractivity contribution in [3.8, 4) is 0 Å². The van der Waals surface area contributed by atoms with E-state index in [9.17, 15) is 0 Å². The average molecular weight is 235 g/mol. The number of halogens is 2. The van der Waals surface area contributed by atoms with Crippen LogP contribution in [0.25, 0.3) is 0 Å². The molecule has 1 aromatic heterocycles. The molecule has 0 amide bonds. The van der Waals surface area contributed by atoms with Crippen LogP contribution < -0.4 is 10.6 Å². The largest absolute Gasteiger partial charge is 0.366 e. The van der Waals surface area contributed by atoms with Gasteiger partial charge in [0.2, 0.25) is 5.28 Å². The van der Waals surface area contributed by atoms with Gasteiger partial charge in [-0.15, -0.1) is 12.4 Å². The molecule has 2 heterocycles. The van der Waals surface area contributed by atoms with Crippen molar-refractivity contribution < 1.29 is 0 Å². The third-order valence-electron chi connectivity index (χ3n) is 2.04. The fraction of sp³-hybridized carbons (Fsp3) is 0.500. The minimum atomic E-state index is 0. The van der Waals surface area contributed by atoms with Crippen LogP contribution in [0.5, 0.6) is 0 Å². The second kappa shape index (κ2) is 5.34. The van der Waals surface area contributed by atoms with Crippen LogP contribution in [0, 0.1) is 0 Å². The van der Waals surface area contributed by atoms with Crippen LogP contribution in [0.4, 0.5) is 5.82 Å². The highest BCUT2D eigenvalue weighted by molar-refractivity contribution is 6.28. The van der Waals surface area contributed by atoms with E-state index in [1.54, 1.807) is 6.20 Å². The van der Waals surface area contributed by atoms with Crippen molar-refractivity contribution in [2.45, 2.75) is 12.5 Å². The Bertz CT molecular complexity index is 288. The number of rotatable bonds is 2. The molecule has 2 N–H and O–H groups in total. The number of anilines is 1. The van der Waals surface area contributed by atoms with Gasteiger partial charge in [-0.2, -0.15) is 0 Å². The number of hydrogen-bond donors (Lipinski definition) is 2. The summed E-state index contributed by atoms with van der Waals surface area (Å²) in [5.41, 5.74) is 0. The summed E-state index contributed by atoms with van der Waals surface area (Å²) < 4.78 is 0. The van der Waals surface area contributed by atoms with Crippen LogP contribution in [0.15, 0.2) is 12.3 Å². The van der Waals surface area contributed by atoms with Crippen molar-refractivity contribution in [3.63, 3.8) is 0 Å². The molecular weight excluding hydrogens is 223 g/mol. The van der Waals surface area contributed by atoms with E-state index in [4.69, 9.17) is 11.6 Å². The van der Waals surface area contributed by atoms with Crippen LogP contribution in [0.2, 0.25) is 5.28 Å². The van der Waals surface area contributed by atoms with E-state index in [1.165, 1.54) is 0 Å². The highest BCUT2D eigenvalue weighted by atomic mass is 35.5. The number of nitrogens with one attached hydrogen (secondary N) is 2. The first kappa shape index (κ1) is 11.5. The molecule has 0 saturated carbocycles. The van der Waals surface area contributed by atoms with E-state index >= 15 is 0 Å². The van der Waals surface area contributed by atoms with Crippen LogP contribution >= 0.6 is 24.0 Å². The minimum Gasteiger partial charge on any atom is -0.366 e. The minimum absolute atomic E-state index is 0. The van der Waals surface area contributed by atoms with E-state index < -0.39 is 0 Å². The zero-order valence-electron chi connectivity index (χ0n) is 7.53. The first-order valence-corrected chi connectivity index (χ1v) is 4.68. The third kappa shape index (κ3) is 2.97. The van der Waals surface area contributed by atoms with Crippen molar-refractivity contribution in [1.82, 2.24) is 15.3 Å². The van der Waals surface area contributed by atoms with Gasteiger partial charge in [0.15, 0.2) is 0 Å². The van der Waals surface area contributed by atoms with Gasteiger partial charge in [0, 0.05) is 18.8 Å². The zero-order valence-corrected chi connectivity index (χ0v) is 9.11. The molecule has 1 saturated heterocycles. The van der Waals surface area contributed by atoms with Crippen LogP contribution in [0.1, 0.15) is 6.42 Å².